The number of likely N-dealkylation sites (N-methyl/N-ethyl adjacent to an activating group) is 1. The van der Waals surface area contributed by atoms with Crippen molar-refractivity contribution in [3.63, 3.8) is 0 Å². The van der Waals surface area contributed by atoms with Crippen molar-refractivity contribution in [2.75, 3.05) is 51.7 Å². The van der Waals surface area contributed by atoms with Gasteiger partial charge in [-0.3, -0.25) is 4.79 Å². The summed E-state index contributed by atoms with van der Waals surface area (Å²) < 4.78 is 0. The molecule has 2 aromatic rings. The van der Waals surface area contributed by atoms with E-state index in [0.717, 1.165) is 32.0 Å². The zero-order chi connectivity index (χ0) is 18.4. The van der Waals surface area contributed by atoms with E-state index in [4.69, 9.17) is 0 Å². The number of pyridine rings is 1. The second-order valence-corrected chi connectivity index (χ2v) is 6.80. The van der Waals surface area contributed by atoms with Gasteiger partial charge < -0.3 is 20.4 Å². The van der Waals surface area contributed by atoms with Crippen molar-refractivity contribution in [2.24, 2.45) is 0 Å². The normalized spacial score (nSPS) is 17.3. The van der Waals surface area contributed by atoms with Gasteiger partial charge in [-0.2, -0.15) is 0 Å². The molecule has 1 aromatic heterocycles. The van der Waals surface area contributed by atoms with E-state index in [0.29, 0.717) is 12.1 Å². The fraction of sp³-hybridized carbons (Fsp3) is 0.400. The molecule has 138 valence electrons. The van der Waals surface area contributed by atoms with Crippen LogP contribution in [0, 0.1) is 0 Å². The predicted octanol–water partition coefficient (Wildman–Crippen LogP) is 1.52. The standard InChI is InChI=1S/C20H27N5O/c1-24(2)13-11-23-20(26)17-9-6-10-22-19(17)25-14-12-21-18(15-25)16-7-4-3-5-8-16/h3-10,18,21H,11-15H2,1-2H3,(H,23,26)/t18-/m0/s1. The lowest BCUT2D eigenvalue weighted by Gasteiger charge is -2.35. The fourth-order valence-corrected chi connectivity index (χ4v) is 3.17. The minimum absolute atomic E-state index is 0.0651. The van der Waals surface area contributed by atoms with Gasteiger partial charge in [0, 0.05) is 45.0 Å². The van der Waals surface area contributed by atoms with Crippen LogP contribution in [0.15, 0.2) is 48.7 Å². The van der Waals surface area contributed by atoms with Crippen LogP contribution in [0.4, 0.5) is 5.82 Å². The number of carbonyl (C=O) groups is 1. The lowest BCUT2D eigenvalue weighted by atomic mass is 10.0. The number of rotatable bonds is 6. The molecule has 0 saturated carbocycles. The molecule has 3 rings (SSSR count). The number of amides is 1. The van der Waals surface area contributed by atoms with E-state index < -0.39 is 0 Å². The lowest BCUT2D eigenvalue weighted by molar-refractivity contribution is 0.0951. The Labute approximate surface area is 155 Å². The Bertz CT molecular complexity index is 719. The average Bonchev–Trinajstić information content (AvgIpc) is 2.68. The Morgan fingerprint density at radius 3 is 2.85 bits per heavy atom. The molecule has 0 radical (unpaired) electrons. The summed E-state index contributed by atoms with van der Waals surface area (Å²) in [7, 11) is 3.98. The molecule has 0 spiro atoms. The van der Waals surface area contributed by atoms with Crippen molar-refractivity contribution < 1.29 is 4.79 Å². The number of nitrogens with zero attached hydrogens (tertiary/aromatic N) is 3. The maximum atomic E-state index is 12.6. The highest BCUT2D eigenvalue weighted by atomic mass is 16.1. The van der Waals surface area contributed by atoms with Gasteiger partial charge in [-0.25, -0.2) is 4.98 Å². The number of benzene rings is 1. The molecule has 2 heterocycles. The summed E-state index contributed by atoms with van der Waals surface area (Å²) in [6, 6.07) is 14.3. The Kier molecular flexibility index (Phi) is 6.20. The first-order chi connectivity index (χ1) is 12.6. The lowest BCUT2D eigenvalue weighted by Crippen LogP contribution is -2.47. The number of aromatic nitrogens is 1. The third-order valence-corrected chi connectivity index (χ3v) is 4.55. The average molecular weight is 353 g/mol. The second-order valence-electron chi connectivity index (χ2n) is 6.80. The summed E-state index contributed by atoms with van der Waals surface area (Å²) >= 11 is 0. The van der Waals surface area contributed by atoms with Crippen LogP contribution in [0.5, 0.6) is 0 Å². The minimum Gasteiger partial charge on any atom is -0.353 e. The highest BCUT2D eigenvalue weighted by molar-refractivity contribution is 5.98. The van der Waals surface area contributed by atoms with Crippen LogP contribution in [0.1, 0.15) is 22.0 Å². The van der Waals surface area contributed by atoms with E-state index in [-0.39, 0.29) is 11.9 Å². The molecule has 1 atom stereocenters. The van der Waals surface area contributed by atoms with Gasteiger partial charge in [0.1, 0.15) is 5.82 Å². The summed E-state index contributed by atoms with van der Waals surface area (Å²) in [6.07, 6.45) is 1.76. The largest absolute Gasteiger partial charge is 0.353 e. The number of carbonyl (C=O) groups excluding carboxylic acids is 1. The Balaban J connectivity index is 1.73. The quantitative estimate of drug-likeness (QED) is 0.825. The monoisotopic (exact) mass is 353 g/mol. The molecule has 1 aliphatic rings. The van der Waals surface area contributed by atoms with Crippen LogP contribution in [-0.4, -0.2) is 62.6 Å². The van der Waals surface area contributed by atoms with Crippen LogP contribution >= 0.6 is 0 Å². The fourth-order valence-electron chi connectivity index (χ4n) is 3.17. The molecule has 1 aliphatic heterocycles. The van der Waals surface area contributed by atoms with Crippen LogP contribution in [0.25, 0.3) is 0 Å². The molecular formula is C20H27N5O. The van der Waals surface area contributed by atoms with Crippen LogP contribution in [0.3, 0.4) is 0 Å². The van der Waals surface area contributed by atoms with E-state index in [1.807, 2.05) is 37.2 Å². The Morgan fingerprint density at radius 1 is 1.27 bits per heavy atom. The number of anilines is 1. The second kappa shape index (κ2) is 8.78. The molecular weight excluding hydrogens is 326 g/mol. The third kappa shape index (κ3) is 4.59. The summed E-state index contributed by atoms with van der Waals surface area (Å²) in [5.41, 5.74) is 1.89. The van der Waals surface area contributed by atoms with Gasteiger partial charge in [0.25, 0.3) is 5.91 Å². The zero-order valence-electron chi connectivity index (χ0n) is 15.5. The van der Waals surface area contributed by atoms with E-state index in [1.54, 1.807) is 6.20 Å². The number of hydrogen-bond donors (Lipinski definition) is 2. The summed E-state index contributed by atoms with van der Waals surface area (Å²) in [6.45, 7) is 3.91. The maximum Gasteiger partial charge on any atom is 0.255 e. The van der Waals surface area contributed by atoms with Gasteiger partial charge >= 0.3 is 0 Å². The van der Waals surface area contributed by atoms with Gasteiger partial charge in [0.2, 0.25) is 0 Å². The maximum absolute atomic E-state index is 12.6. The predicted molar refractivity (Wildman–Crippen MR) is 105 cm³/mol. The van der Waals surface area contributed by atoms with Crippen molar-refractivity contribution in [3.8, 4) is 0 Å². The molecule has 1 aromatic carbocycles. The highest BCUT2D eigenvalue weighted by Gasteiger charge is 2.24. The van der Waals surface area contributed by atoms with E-state index in [9.17, 15) is 4.79 Å². The van der Waals surface area contributed by atoms with Crippen molar-refractivity contribution in [1.29, 1.82) is 0 Å². The SMILES string of the molecule is CN(C)CCNC(=O)c1cccnc1N1CCN[C@H](c2ccccc2)C1. The van der Waals surface area contributed by atoms with Gasteiger partial charge in [-0.15, -0.1) is 0 Å². The van der Waals surface area contributed by atoms with Crippen LogP contribution in [0.2, 0.25) is 0 Å². The van der Waals surface area contributed by atoms with Gasteiger partial charge in [0.05, 0.1) is 5.56 Å². The smallest absolute Gasteiger partial charge is 0.255 e. The molecule has 1 fully saturated rings. The van der Waals surface area contributed by atoms with E-state index >= 15 is 0 Å². The summed E-state index contributed by atoms with van der Waals surface area (Å²) in [5, 5.41) is 6.54. The molecule has 1 amide bonds. The zero-order valence-corrected chi connectivity index (χ0v) is 15.5. The van der Waals surface area contributed by atoms with Crippen LogP contribution in [-0.2, 0) is 0 Å². The molecule has 0 aliphatic carbocycles. The molecule has 26 heavy (non-hydrogen) atoms. The van der Waals surface area contributed by atoms with E-state index in [1.165, 1.54) is 5.56 Å². The number of piperazine rings is 1. The van der Waals surface area contributed by atoms with Crippen molar-refractivity contribution >= 4 is 11.7 Å². The number of hydrogen-bond acceptors (Lipinski definition) is 5. The van der Waals surface area contributed by atoms with Crippen molar-refractivity contribution in [1.82, 2.24) is 20.5 Å². The molecule has 6 nitrogen and oxygen atoms in total. The van der Waals surface area contributed by atoms with Gasteiger partial charge in [-0.05, 0) is 31.8 Å². The third-order valence-electron chi connectivity index (χ3n) is 4.55. The first kappa shape index (κ1) is 18.4. The van der Waals surface area contributed by atoms with Crippen molar-refractivity contribution in [3.05, 3.63) is 59.8 Å². The Morgan fingerprint density at radius 2 is 2.08 bits per heavy atom. The first-order valence-corrected chi connectivity index (χ1v) is 9.06. The molecule has 0 bridgehead atoms. The number of nitrogens with one attached hydrogen (secondary N) is 2. The van der Waals surface area contributed by atoms with Crippen LogP contribution < -0.4 is 15.5 Å². The first-order valence-electron chi connectivity index (χ1n) is 9.06. The topological polar surface area (TPSA) is 60.5 Å². The highest BCUT2D eigenvalue weighted by Crippen LogP contribution is 2.23. The van der Waals surface area contributed by atoms with Gasteiger partial charge in [0.15, 0.2) is 0 Å². The Hall–Kier alpha value is -2.44. The molecule has 1 saturated heterocycles. The molecule has 2 N–H and O–H groups in total. The summed E-state index contributed by atoms with van der Waals surface area (Å²) in [4.78, 5) is 21.4. The van der Waals surface area contributed by atoms with E-state index in [2.05, 4.69) is 44.8 Å². The minimum atomic E-state index is -0.0651. The van der Waals surface area contributed by atoms with Gasteiger partial charge in [-0.1, -0.05) is 30.3 Å². The summed E-state index contributed by atoms with van der Waals surface area (Å²) in [5.74, 6) is 0.696. The molecule has 0 unspecified atom stereocenters. The molecule has 6 heteroatoms. The van der Waals surface area contributed by atoms with Crippen molar-refractivity contribution in [2.45, 2.75) is 6.04 Å².